The van der Waals surface area contributed by atoms with Gasteiger partial charge in [-0.05, 0) is 12.5 Å². The molecule has 1 aromatic heterocycles. The van der Waals surface area contributed by atoms with Crippen molar-refractivity contribution in [3.63, 3.8) is 0 Å². The van der Waals surface area contributed by atoms with Crippen LogP contribution < -0.4 is 17.0 Å². The molecule has 1 rings (SSSR count). The molecule has 0 aliphatic rings. The maximum atomic E-state index is 2.23. The molecule has 0 aromatic carbocycles. The average Bonchev–Trinajstić information content (AvgIpc) is 2.15. The monoisotopic (exact) mass is 249 g/mol. The number of hydrogen-bond acceptors (Lipinski definition) is 2. The third-order valence-electron chi connectivity index (χ3n) is 1.73. The summed E-state index contributed by atoms with van der Waals surface area (Å²) in [5.74, 6) is 1.25. The average molecular weight is 250 g/mol. The molecule has 80 valence electrons. The fraction of sp³-hybridized carbons (Fsp3) is 0.500. The zero-order valence-electron chi connectivity index (χ0n) is 8.57. The molecule has 1 nitrogen and oxygen atoms in total. The molecule has 0 aliphatic heterocycles. The number of rotatable bonds is 5. The Kier molecular flexibility index (Phi) is 8.53. The number of nitrogens with zero attached hydrogens (tertiary/aromatic N) is 1. The fourth-order valence-electron chi connectivity index (χ4n) is 0.900. The summed E-state index contributed by atoms with van der Waals surface area (Å²) >= 11 is 0. The topological polar surface area (TPSA) is 3.88 Å². The summed E-state index contributed by atoms with van der Waals surface area (Å²) in [6.07, 6.45) is 4.69. The van der Waals surface area contributed by atoms with Crippen LogP contribution in [-0.4, -0.2) is 5.75 Å². The molecule has 0 saturated heterocycles. The second-order valence-corrected chi connectivity index (χ2v) is 5.34. The van der Waals surface area contributed by atoms with Crippen molar-refractivity contribution in [3.05, 3.63) is 24.4 Å². The molecule has 0 amide bonds. The Morgan fingerprint density at radius 3 is 2.79 bits per heavy atom. The zero-order valence-corrected chi connectivity index (χ0v) is 11.0. The minimum absolute atomic E-state index is 0. The van der Waals surface area contributed by atoms with Crippen molar-refractivity contribution in [2.24, 2.45) is 7.05 Å². The summed E-state index contributed by atoms with van der Waals surface area (Å²) in [5, 5.41) is 1.32. The van der Waals surface area contributed by atoms with Gasteiger partial charge in [0, 0.05) is 28.7 Å². The second-order valence-electron chi connectivity index (χ2n) is 2.91. The van der Waals surface area contributed by atoms with E-state index in [0.29, 0.717) is 0 Å². The van der Waals surface area contributed by atoms with Crippen LogP contribution in [0, 0.1) is 0 Å². The normalized spacial score (nSPS) is 9.57. The zero-order chi connectivity index (χ0) is 9.52. The minimum atomic E-state index is 0. The molecular weight excluding hydrogens is 234 g/mol. The Morgan fingerprint density at radius 1 is 1.36 bits per heavy atom. The molecule has 0 aliphatic carbocycles. The first-order valence-electron chi connectivity index (χ1n) is 4.58. The van der Waals surface area contributed by atoms with E-state index in [9.17, 15) is 0 Å². The highest BCUT2D eigenvalue weighted by molar-refractivity contribution is 8.76. The van der Waals surface area contributed by atoms with Gasteiger partial charge in [-0.1, -0.05) is 24.1 Å². The second kappa shape index (κ2) is 8.45. The van der Waals surface area contributed by atoms with E-state index < -0.39 is 0 Å². The Bertz CT molecular complexity index is 256. The van der Waals surface area contributed by atoms with Crippen molar-refractivity contribution >= 4 is 21.6 Å². The van der Waals surface area contributed by atoms with E-state index >= 15 is 0 Å². The quantitative estimate of drug-likeness (QED) is 0.413. The van der Waals surface area contributed by atoms with Gasteiger partial charge in [-0.3, -0.25) is 0 Å². The van der Waals surface area contributed by atoms with Crippen LogP contribution in [0.25, 0.3) is 0 Å². The number of aromatic nitrogens is 1. The lowest BCUT2D eigenvalue weighted by atomic mass is 10.4. The number of hydrogen-bond donors (Lipinski definition) is 0. The maximum absolute atomic E-state index is 2.23. The first kappa shape index (κ1) is 14.1. The molecule has 0 unspecified atom stereocenters. The lowest BCUT2D eigenvalue weighted by molar-refractivity contribution is -0.708. The molecule has 0 bridgehead atoms. The predicted molar refractivity (Wildman–Crippen MR) is 60.8 cm³/mol. The molecule has 0 spiro atoms. The highest BCUT2D eigenvalue weighted by atomic mass is 35.5. The highest BCUT2D eigenvalue weighted by Crippen LogP contribution is 2.28. The molecule has 0 atom stereocenters. The van der Waals surface area contributed by atoms with Gasteiger partial charge in [0.25, 0.3) is 0 Å². The largest absolute Gasteiger partial charge is 1.00 e. The lowest BCUT2D eigenvalue weighted by Crippen LogP contribution is -3.00. The third kappa shape index (κ3) is 5.13. The van der Waals surface area contributed by atoms with E-state index in [2.05, 4.69) is 42.9 Å². The van der Waals surface area contributed by atoms with E-state index in [1.54, 1.807) is 0 Å². The molecule has 14 heavy (non-hydrogen) atoms. The third-order valence-corrected chi connectivity index (χ3v) is 4.27. The van der Waals surface area contributed by atoms with E-state index in [-0.39, 0.29) is 12.4 Å². The predicted octanol–water partition coefficient (Wildman–Crippen LogP) is 0.0555. The van der Waals surface area contributed by atoms with Gasteiger partial charge in [-0.25, -0.2) is 0 Å². The van der Waals surface area contributed by atoms with Crippen LogP contribution in [-0.2, 0) is 7.05 Å². The standard InChI is InChI=1S/C10H16NS2.ClH/c1-3-4-9-12-13-10-7-5-6-8-11(10)2;/h5-8H,3-4,9H2,1-2H3;1H/q+1;/p-1. The van der Waals surface area contributed by atoms with Crippen LogP contribution in [0.15, 0.2) is 29.4 Å². The summed E-state index contributed by atoms with van der Waals surface area (Å²) in [6.45, 7) is 2.23. The first-order chi connectivity index (χ1) is 6.34. The molecule has 4 heteroatoms. The summed E-state index contributed by atoms with van der Waals surface area (Å²) in [6, 6.07) is 6.30. The number of halogens is 1. The van der Waals surface area contributed by atoms with Crippen molar-refractivity contribution in [2.75, 3.05) is 5.75 Å². The fourth-order valence-corrected chi connectivity index (χ4v) is 3.31. The molecular formula is C10H16ClNS2. The number of unbranched alkanes of at least 4 members (excludes halogenated alkanes) is 1. The van der Waals surface area contributed by atoms with Gasteiger partial charge in [0.1, 0.15) is 7.05 Å². The van der Waals surface area contributed by atoms with Gasteiger partial charge in [0.05, 0.1) is 0 Å². The molecule has 0 fully saturated rings. The summed E-state index contributed by atoms with van der Waals surface area (Å²) in [4.78, 5) is 0. The van der Waals surface area contributed by atoms with E-state index in [1.165, 1.54) is 23.6 Å². The van der Waals surface area contributed by atoms with Crippen LogP contribution in [0.3, 0.4) is 0 Å². The Hall–Kier alpha value is 0.140. The van der Waals surface area contributed by atoms with Gasteiger partial charge in [-0.15, -0.1) is 0 Å². The van der Waals surface area contributed by atoms with Crippen LogP contribution >= 0.6 is 21.6 Å². The Labute approximate surface area is 100 Å². The van der Waals surface area contributed by atoms with Gasteiger partial charge in [0.2, 0.25) is 5.03 Å². The van der Waals surface area contributed by atoms with E-state index in [0.717, 1.165) is 0 Å². The van der Waals surface area contributed by atoms with E-state index in [1.807, 2.05) is 21.6 Å². The van der Waals surface area contributed by atoms with Gasteiger partial charge in [0.15, 0.2) is 6.20 Å². The lowest BCUT2D eigenvalue weighted by Gasteiger charge is -1.97. The van der Waals surface area contributed by atoms with Gasteiger partial charge < -0.3 is 12.4 Å². The molecule has 0 N–H and O–H groups in total. The SMILES string of the molecule is CCCCSSc1cccc[n+]1C.[Cl-]. The number of pyridine rings is 1. The smallest absolute Gasteiger partial charge is 0.250 e. The van der Waals surface area contributed by atoms with Crippen LogP contribution in [0.5, 0.6) is 0 Å². The van der Waals surface area contributed by atoms with Crippen molar-refractivity contribution in [1.82, 2.24) is 0 Å². The van der Waals surface area contributed by atoms with Crippen molar-refractivity contribution in [2.45, 2.75) is 24.8 Å². The van der Waals surface area contributed by atoms with Crippen LogP contribution in [0.2, 0.25) is 0 Å². The molecule has 0 saturated carbocycles. The van der Waals surface area contributed by atoms with E-state index in [4.69, 9.17) is 0 Å². The maximum Gasteiger partial charge on any atom is 0.250 e. The number of aryl methyl sites for hydroxylation is 1. The van der Waals surface area contributed by atoms with Gasteiger partial charge >= 0.3 is 0 Å². The minimum Gasteiger partial charge on any atom is -1.00 e. The molecule has 1 aromatic rings. The van der Waals surface area contributed by atoms with Crippen molar-refractivity contribution in [1.29, 1.82) is 0 Å². The first-order valence-corrected chi connectivity index (χ1v) is 6.90. The Balaban J connectivity index is 0.00000169. The van der Waals surface area contributed by atoms with Crippen LogP contribution in [0.4, 0.5) is 0 Å². The molecule has 1 heterocycles. The van der Waals surface area contributed by atoms with Crippen molar-refractivity contribution in [3.8, 4) is 0 Å². The summed E-state index contributed by atoms with van der Waals surface area (Å²) in [7, 11) is 5.89. The van der Waals surface area contributed by atoms with Crippen molar-refractivity contribution < 1.29 is 17.0 Å². The summed E-state index contributed by atoms with van der Waals surface area (Å²) in [5.41, 5.74) is 0. The Morgan fingerprint density at radius 2 is 2.14 bits per heavy atom. The highest BCUT2D eigenvalue weighted by Gasteiger charge is 2.04. The molecule has 0 radical (unpaired) electrons. The summed E-state index contributed by atoms with van der Waals surface area (Å²) < 4.78 is 2.16. The van der Waals surface area contributed by atoms with Gasteiger partial charge in [-0.2, -0.15) is 4.57 Å². The van der Waals surface area contributed by atoms with Crippen LogP contribution in [0.1, 0.15) is 19.8 Å².